The van der Waals surface area contributed by atoms with Gasteiger partial charge in [-0.25, -0.2) is 0 Å². The predicted molar refractivity (Wildman–Crippen MR) is 72.9 cm³/mol. The van der Waals surface area contributed by atoms with E-state index in [1.165, 1.54) is 7.11 Å². The number of nitrogens with zero attached hydrogens (tertiary/aromatic N) is 1. The van der Waals surface area contributed by atoms with Gasteiger partial charge in [0.1, 0.15) is 0 Å². The first-order valence-electron chi connectivity index (χ1n) is 7.23. The van der Waals surface area contributed by atoms with Crippen LogP contribution in [0.4, 0.5) is 0 Å². The van der Waals surface area contributed by atoms with Crippen LogP contribution in [0.3, 0.4) is 0 Å². The second kappa shape index (κ2) is 9.28. The van der Waals surface area contributed by atoms with Crippen molar-refractivity contribution in [1.82, 2.24) is 4.90 Å². The van der Waals surface area contributed by atoms with Crippen molar-refractivity contribution in [3.05, 3.63) is 0 Å². The summed E-state index contributed by atoms with van der Waals surface area (Å²) in [7, 11) is 1.43. The number of unbranched alkanes of at least 4 members (excludes halogenated alkanes) is 1. The zero-order valence-electron chi connectivity index (χ0n) is 12.1. The van der Waals surface area contributed by atoms with Crippen molar-refractivity contribution in [1.29, 1.82) is 0 Å². The summed E-state index contributed by atoms with van der Waals surface area (Å²) in [6.45, 7) is 5.37. The molecule has 1 rings (SSSR count). The fraction of sp³-hybridized carbons (Fsp3) is 0.929. The lowest BCUT2D eigenvalue weighted by Crippen LogP contribution is -2.43. The van der Waals surface area contributed by atoms with E-state index >= 15 is 0 Å². The van der Waals surface area contributed by atoms with Crippen LogP contribution < -0.4 is 0 Å². The zero-order chi connectivity index (χ0) is 14.1. The Morgan fingerprint density at radius 2 is 2.32 bits per heavy atom. The second-order valence-corrected chi connectivity index (χ2v) is 5.20. The highest BCUT2D eigenvalue weighted by molar-refractivity contribution is 5.72. The minimum absolute atomic E-state index is 0.0491. The highest BCUT2D eigenvalue weighted by Gasteiger charge is 2.27. The first-order valence-corrected chi connectivity index (χ1v) is 7.23. The summed E-state index contributed by atoms with van der Waals surface area (Å²) < 4.78 is 10.2. The lowest BCUT2D eigenvalue weighted by molar-refractivity contribution is -0.147. The summed E-state index contributed by atoms with van der Waals surface area (Å²) in [5, 5.41) is 9.90. The molecule has 19 heavy (non-hydrogen) atoms. The van der Waals surface area contributed by atoms with E-state index < -0.39 is 6.10 Å². The molecule has 1 aliphatic rings. The van der Waals surface area contributed by atoms with Crippen LogP contribution in [0.25, 0.3) is 0 Å². The molecular weight excluding hydrogens is 246 g/mol. The van der Waals surface area contributed by atoms with Crippen LogP contribution in [0.5, 0.6) is 0 Å². The molecule has 1 aliphatic heterocycles. The van der Waals surface area contributed by atoms with Crippen LogP contribution in [0.2, 0.25) is 0 Å². The van der Waals surface area contributed by atoms with E-state index in [1.54, 1.807) is 0 Å². The minimum atomic E-state index is -0.478. The summed E-state index contributed by atoms with van der Waals surface area (Å²) in [5.74, 6) is -0.189. The van der Waals surface area contributed by atoms with Crippen LogP contribution in [-0.4, -0.2) is 62.0 Å². The topological polar surface area (TPSA) is 59.0 Å². The van der Waals surface area contributed by atoms with E-state index in [0.717, 1.165) is 32.2 Å². The molecule has 1 N–H and O–H groups in total. The molecule has 2 atom stereocenters. The summed E-state index contributed by atoms with van der Waals surface area (Å²) in [5.41, 5.74) is 0. The Bertz CT molecular complexity index is 260. The van der Waals surface area contributed by atoms with E-state index in [4.69, 9.17) is 9.47 Å². The van der Waals surface area contributed by atoms with Gasteiger partial charge < -0.3 is 14.6 Å². The third kappa shape index (κ3) is 6.36. The molecule has 5 nitrogen and oxygen atoms in total. The van der Waals surface area contributed by atoms with Gasteiger partial charge in [0.15, 0.2) is 0 Å². The van der Waals surface area contributed by atoms with Crippen molar-refractivity contribution in [3.63, 3.8) is 0 Å². The highest BCUT2D eigenvalue weighted by Crippen LogP contribution is 2.17. The monoisotopic (exact) mass is 273 g/mol. The Balaban J connectivity index is 2.22. The fourth-order valence-corrected chi connectivity index (χ4v) is 2.40. The van der Waals surface area contributed by atoms with Gasteiger partial charge >= 0.3 is 5.97 Å². The predicted octanol–water partition coefficient (Wildman–Crippen LogP) is 1.05. The molecule has 0 bridgehead atoms. The number of methoxy groups -OCH3 is 1. The summed E-state index contributed by atoms with van der Waals surface area (Å²) in [4.78, 5) is 13.6. The maximum Gasteiger partial charge on any atom is 0.309 e. The molecule has 1 fully saturated rings. The SMILES string of the molecule is CCCCOCC(O)CN1CCC[C@H](C(=O)OC)C1. The summed E-state index contributed by atoms with van der Waals surface area (Å²) in [6, 6.07) is 0. The van der Waals surface area contributed by atoms with Crippen molar-refractivity contribution < 1.29 is 19.4 Å². The number of esters is 1. The van der Waals surface area contributed by atoms with Crippen molar-refractivity contribution in [2.24, 2.45) is 5.92 Å². The molecule has 1 saturated heterocycles. The Morgan fingerprint density at radius 3 is 3.00 bits per heavy atom. The highest BCUT2D eigenvalue weighted by atomic mass is 16.5. The standard InChI is InChI=1S/C14H27NO4/c1-3-4-8-19-11-13(16)10-15-7-5-6-12(9-15)14(17)18-2/h12-13,16H,3-11H2,1-2H3/t12-,13?/m0/s1. The van der Waals surface area contributed by atoms with Crippen molar-refractivity contribution in [3.8, 4) is 0 Å². The normalized spacial score (nSPS) is 22.2. The van der Waals surface area contributed by atoms with Gasteiger partial charge in [-0.3, -0.25) is 9.69 Å². The first-order chi connectivity index (χ1) is 9.17. The third-order valence-electron chi connectivity index (χ3n) is 3.46. The molecule has 0 radical (unpaired) electrons. The molecule has 112 valence electrons. The molecule has 0 spiro atoms. The number of aliphatic hydroxyl groups is 1. The van der Waals surface area contributed by atoms with Gasteiger partial charge in [0.2, 0.25) is 0 Å². The number of ether oxygens (including phenoxy) is 2. The number of carbonyl (C=O) groups excluding carboxylic acids is 1. The first kappa shape index (κ1) is 16.4. The molecule has 0 aromatic rings. The van der Waals surface area contributed by atoms with Gasteiger partial charge in [0.25, 0.3) is 0 Å². The smallest absolute Gasteiger partial charge is 0.309 e. The molecule has 5 heteroatoms. The molecular formula is C14H27NO4. The van der Waals surface area contributed by atoms with Crippen LogP contribution in [0.15, 0.2) is 0 Å². The van der Waals surface area contributed by atoms with Crippen molar-refractivity contribution in [2.75, 3.05) is 40.0 Å². The number of piperidine rings is 1. The van der Waals surface area contributed by atoms with Crippen LogP contribution >= 0.6 is 0 Å². The minimum Gasteiger partial charge on any atom is -0.469 e. The van der Waals surface area contributed by atoms with Crippen LogP contribution in [0, 0.1) is 5.92 Å². The Morgan fingerprint density at radius 1 is 1.53 bits per heavy atom. The molecule has 0 saturated carbocycles. The molecule has 0 aliphatic carbocycles. The maximum atomic E-state index is 11.5. The quantitative estimate of drug-likeness (QED) is 0.529. The number of likely N-dealkylation sites (tertiary alicyclic amines) is 1. The summed E-state index contributed by atoms with van der Waals surface area (Å²) >= 11 is 0. The lowest BCUT2D eigenvalue weighted by atomic mass is 9.98. The third-order valence-corrected chi connectivity index (χ3v) is 3.46. The van der Waals surface area contributed by atoms with E-state index in [2.05, 4.69) is 11.8 Å². The molecule has 0 aromatic carbocycles. The summed E-state index contributed by atoms with van der Waals surface area (Å²) in [6.07, 6.45) is 3.51. The number of hydrogen-bond donors (Lipinski definition) is 1. The van der Waals surface area contributed by atoms with Gasteiger partial charge in [0, 0.05) is 19.7 Å². The van der Waals surface area contributed by atoms with Gasteiger partial charge in [-0.15, -0.1) is 0 Å². The Labute approximate surface area is 115 Å². The Hall–Kier alpha value is -0.650. The number of rotatable bonds is 8. The van der Waals surface area contributed by atoms with E-state index in [9.17, 15) is 9.90 Å². The number of carbonyl (C=O) groups is 1. The molecule has 1 heterocycles. The second-order valence-electron chi connectivity index (χ2n) is 5.20. The van der Waals surface area contributed by atoms with Crippen LogP contribution in [-0.2, 0) is 14.3 Å². The molecule has 1 unspecified atom stereocenters. The lowest BCUT2D eigenvalue weighted by Gasteiger charge is -2.32. The van der Waals surface area contributed by atoms with Gasteiger partial charge in [0.05, 0.1) is 25.7 Å². The largest absolute Gasteiger partial charge is 0.469 e. The van der Waals surface area contributed by atoms with Crippen molar-refractivity contribution in [2.45, 2.75) is 38.7 Å². The van der Waals surface area contributed by atoms with Gasteiger partial charge in [-0.1, -0.05) is 13.3 Å². The molecule has 0 aromatic heterocycles. The van der Waals surface area contributed by atoms with Crippen molar-refractivity contribution >= 4 is 5.97 Å². The van der Waals surface area contributed by atoms with Gasteiger partial charge in [-0.2, -0.15) is 0 Å². The van der Waals surface area contributed by atoms with E-state index in [-0.39, 0.29) is 11.9 Å². The maximum absolute atomic E-state index is 11.5. The van der Waals surface area contributed by atoms with Crippen LogP contribution in [0.1, 0.15) is 32.6 Å². The van der Waals surface area contributed by atoms with E-state index in [0.29, 0.717) is 26.3 Å². The average molecular weight is 273 g/mol. The Kier molecular flexibility index (Phi) is 8.02. The number of aliphatic hydroxyl groups excluding tert-OH is 1. The van der Waals surface area contributed by atoms with E-state index in [1.807, 2.05) is 0 Å². The zero-order valence-corrected chi connectivity index (χ0v) is 12.1. The number of β-amino-alcohol motifs (C(OH)–C–C–N with tert-alkyl or cyclic N) is 1. The van der Waals surface area contributed by atoms with Gasteiger partial charge in [-0.05, 0) is 25.8 Å². The average Bonchev–Trinajstić information content (AvgIpc) is 2.43. The number of hydrogen-bond acceptors (Lipinski definition) is 5. The fourth-order valence-electron chi connectivity index (χ4n) is 2.40. The molecule has 0 amide bonds.